The lowest BCUT2D eigenvalue weighted by Crippen LogP contribution is -2.11. The number of rotatable bonds is 2. The van der Waals surface area contributed by atoms with Crippen molar-refractivity contribution in [3.63, 3.8) is 0 Å². The van der Waals surface area contributed by atoms with E-state index >= 15 is 0 Å². The van der Waals surface area contributed by atoms with E-state index in [1.54, 1.807) is 0 Å². The SMILES string of the molecule is Op1oc2c(-c3cc(C(F)(F)F)cc(C(F)(F)F)c3)cc3ccccc3c2c2c(o1)c(-c1cc(C(F)(F)F)cc(C(F)(F)F)c1)cc1ccccc12. The van der Waals surface area contributed by atoms with Gasteiger partial charge in [0.15, 0.2) is 11.2 Å². The van der Waals surface area contributed by atoms with Crippen molar-refractivity contribution >= 4 is 51.7 Å². The Hall–Kier alpha value is -5.14. The predicted molar refractivity (Wildman–Crippen MR) is 170 cm³/mol. The van der Waals surface area contributed by atoms with Crippen LogP contribution in [0.4, 0.5) is 52.7 Å². The van der Waals surface area contributed by atoms with Crippen molar-refractivity contribution < 1.29 is 66.0 Å². The van der Waals surface area contributed by atoms with Crippen LogP contribution in [0.5, 0.6) is 0 Å². The normalized spacial score (nSPS) is 13.1. The fraction of sp³-hybridized carbons (Fsp3) is 0.111. The Morgan fingerprint density at radius 2 is 0.731 bits per heavy atom. The van der Waals surface area contributed by atoms with Crippen LogP contribution in [-0.4, -0.2) is 4.89 Å². The highest BCUT2D eigenvalue weighted by Gasteiger charge is 2.39. The summed E-state index contributed by atoms with van der Waals surface area (Å²) in [7, 11) is -3.23. The Morgan fingerprint density at radius 1 is 0.423 bits per heavy atom. The molecular weight excluding hydrogens is 739 g/mol. The third kappa shape index (κ3) is 6.32. The summed E-state index contributed by atoms with van der Waals surface area (Å²) in [5.41, 5.74) is -9.41. The van der Waals surface area contributed by atoms with E-state index < -0.39 is 77.5 Å². The summed E-state index contributed by atoms with van der Waals surface area (Å²) in [5, 5.41) is 0.870. The van der Waals surface area contributed by atoms with Crippen molar-refractivity contribution in [3.8, 4) is 22.3 Å². The fourth-order valence-corrected chi connectivity index (χ4v) is 6.90. The number of hydrogen-bond acceptors (Lipinski definition) is 3. The highest BCUT2D eigenvalue weighted by atomic mass is 31.1. The van der Waals surface area contributed by atoms with Gasteiger partial charge in [-0.25, -0.2) is 0 Å². The molecule has 16 heteroatoms. The molecular formula is C36H17F12O3P. The first-order valence-corrected chi connectivity index (χ1v) is 15.9. The molecule has 0 spiro atoms. The maximum absolute atomic E-state index is 14.0. The van der Waals surface area contributed by atoms with E-state index in [1.165, 1.54) is 60.7 Å². The van der Waals surface area contributed by atoms with Crippen molar-refractivity contribution in [2.24, 2.45) is 0 Å². The second kappa shape index (κ2) is 12.0. The highest BCUT2D eigenvalue weighted by Crippen LogP contribution is 2.49. The monoisotopic (exact) mass is 756 g/mol. The third-order valence-electron chi connectivity index (χ3n) is 8.39. The van der Waals surface area contributed by atoms with Gasteiger partial charge in [0.25, 0.3) is 0 Å². The van der Waals surface area contributed by atoms with Crippen molar-refractivity contribution in [2.75, 3.05) is 0 Å². The van der Waals surface area contributed by atoms with Gasteiger partial charge in [-0.05, 0) is 81.2 Å². The zero-order valence-electron chi connectivity index (χ0n) is 25.5. The molecule has 0 radical (unpaired) electrons. The standard InChI is InChI=1S/C36H17F12O3P/c37-33(38,39)21-9-19(10-22(15-21)34(40,41)42)27-13-17-5-1-3-7-25(17)29-30-26-8-4-2-6-18(26)14-28(32(30)51-52(49)50-31(27)29)20-11-23(35(43,44)45)16-24(12-20)36(46,47)48/h1-16,49H. The van der Waals surface area contributed by atoms with E-state index in [2.05, 4.69) is 0 Å². The minimum absolute atomic E-state index is 0.0609. The predicted octanol–water partition coefficient (Wildman–Crippen LogP) is 13.8. The lowest BCUT2D eigenvalue weighted by Gasteiger charge is -2.16. The van der Waals surface area contributed by atoms with Crippen molar-refractivity contribution in [1.29, 1.82) is 0 Å². The molecule has 0 aliphatic carbocycles. The number of halogens is 12. The maximum Gasteiger partial charge on any atom is 0.416 e. The summed E-state index contributed by atoms with van der Waals surface area (Å²) in [6.07, 6.45) is -20.9. The zero-order valence-corrected chi connectivity index (χ0v) is 26.4. The molecule has 3 nitrogen and oxygen atoms in total. The first-order valence-electron chi connectivity index (χ1n) is 14.8. The van der Waals surface area contributed by atoms with Gasteiger partial charge in [0.1, 0.15) is 0 Å². The molecule has 1 heterocycles. The largest absolute Gasteiger partial charge is 0.416 e. The molecule has 6 aromatic carbocycles. The zero-order chi connectivity index (χ0) is 37.5. The van der Waals surface area contributed by atoms with E-state index in [-0.39, 0.29) is 55.6 Å². The van der Waals surface area contributed by atoms with Gasteiger partial charge in [0.05, 0.1) is 22.3 Å². The van der Waals surface area contributed by atoms with E-state index in [4.69, 9.17) is 8.39 Å². The lowest BCUT2D eigenvalue weighted by molar-refractivity contribution is -0.144. The van der Waals surface area contributed by atoms with Crippen LogP contribution >= 0.6 is 8.24 Å². The molecule has 1 aromatic heterocycles. The van der Waals surface area contributed by atoms with Crippen molar-refractivity contribution in [2.45, 2.75) is 24.7 Å². The number of hydrogen-bond donors (Lipinski definition) is 1. The third-order valence-corrected chi connectivity index (χ3v) is 9.07. The van der Waals surface area contributed by atoms with Gasteiger partial charge in [-0.15, -0.1) is 0 Å². The van der Waals surface area contributed by atoms with Crippen molar-refractivity contribution in [3.05, 3.63) is 119 Å². The van der Waals surface area contributed by atoms with Crippen LogP contribution in [-0.2, 0) is 24.7 Å². The molecule has 0 aliphatic rings. The fourth-order valence-electron chi connectivity index (χ4n) is 6.17. The Kier molecular flexibility index (Phi) is 8.11. The summed E-state index contributed by atoms with van der Waals surface area (Å²) in [5.74, 6) is 0. The van der Waals surface area contributed by atoms with E-state index in [9.17, 15) is 57.6 Å². The van der Waals surface area contributed by atoms with Gasteiger partial charge in [0, 0.05) is 21.9 Å². The number of benzene rings is 6. The molecule has 0 saturated carbocycles. The van der Waals surface area contributed by atoms with Crippen LogP contribution in [0.25, 0.3) is 65.7 Å². The second-order valence-electron chi connectivity index (χ2n) is 11.7. The molecule has 268 valence electrons. The first kappa shape index (κ1) is 35.3. The van der Waals surface area contributed by atoms with Crippen LogP contribution in [0.1, 0.15) is 22.3 Å². The van der Waals surface area contributed by atoms with Crippen LogP contribution in [0.3, 0.4) is 0 Å². The van der Waals surface area contributed by atoms with Crippen molar-refractivity contribution in [1.82, 2.24) is 0 Å². The van der Waals surface area contributed by atoms with Gasteiger partial charge in [-0.2, -0.15) is 52.7 Å². The molecule has 7 rings (SSSR count). The Balaban J connectivity index is 1.73. The van der Waals surface area contributed by atoms with Crippen LogP contribution in [0.15, 0.2) is 105 Å². The number of fused-ring (bicyclic) bond motifs is 7. The van der Waals surface area contributed by atoms with Crippen LogP contribution in [0.2, 0.25) is 0 Å². The lowest BCUT2D eigenvalue weighted by atomic mass is 9.90. The summed E-state index contributed by atoms with van der Waals surface area (Å²) in [6.45, 7) is 0. The quantitative estimate of drug-likeness (QED) is 0.179. The average molecular weight is 756 g/mol. The molecule has 0 aliphatic heterocycles. The molecule has 0 atom stereocenters. The van der Waals surface area contributed by atoms with Gasteiger partial charge in [-0.3, -0.25) is 4.89 Å². The number of alkyl halides is 12. The molecule has 0 saturated heterocycles. The van der Waals surface area contributed by atoms with Gasteiger partial charge in [0.2, 0.25) is 0 Å². The van der Waals surface area contributed by atoms with Gasteiger partial charge in [-0.1, -0.05) is 48.5 Å². The maximum atomic E-state index is 14.0. The minimum atomic E-state index is -5.23. The smallest absolute Gasteiger partial charge is 0.398 e. The molecule has 0 bridgehead atoms. The summed E-state index contributed by atoms with van der Waals surface area (Å²) in [6, 6.07) is 16.3. The molecule has 0 amide bonds. The van der Waals surface area contributed by atoms with Gasteiger partial charge < -0.3 is 8.39 Å². The van der Waals surface area contributed by atoms with E-state index in [0.29, 0.717) is 24.3 Å². The topological polar surface area (TPSA) is 46.5 Å². The second-order valence-corrected chi connectivity index (χ2v) is 12.5. The molecule has 0 fully saturated rings. The molecule has 7 aromatic rings. The van der Waals surface area contributed by atoms with Crippen LogP contribution < -0.4 is 0 Å². The van der Waals surface area contributed by atoms with Crippen LogP contribution in [0, 0.1) is 0 Å². The van der Waals surface area contributed by atoms with E-state index in [0.717, 1.165) is 0 Å². The summed E-state index contributed by atoms with van der Waals surface area (Å²) in [4.78, 5) is 11.1. The summed E-state index contributed by atoms with van der Waals surface area (Å²) < 4.78 is 179. The Morgan fingerprint density at radius 3 is 1.04 bits per heavy atom. The molecule has 52 heavy (non-hydrogen) atoms. The van der Waals surface area contributed by atoms with Gasteiger partial charge >= 0.3 is 32.9 Å². The average Bonchev–Trinajstić information content (AvgIpc) is 3.22. The summed E-state index contributed by atoms with van der Waals surface area (Å²) >= 11 is 0. The molecule has 1 N–H and O–H groups in total. The van der Waals surface area contributed by atoms with E-state index in [1.807, 2.05) is 0 Å². The molecule has 0 unspecified atom stereocenters. The first-order chi connectivity index (χ1) is 24.2. The Bertz CT molecular complexity index is 2360. The highest BCUT2D eigenvalue weighted by molar-refractivity contribution is 7.30. The minimum Gasteiger partial charge on any atom is -0.398 e. The Labute approximate surface area is 283 Å².